The molecule has 0 aliphatic rings. The maximum atomic E-state index is 12.3. The average Bonchev–Trinajstić information content (AvgIpc) is 2.55. The Bertz CT molecular complexity index is 657. The molecule has 5 heteroatoms. The van der Waals surface area contributed by atoms with Crippen LogP contribution >= 0.6 is 0 Å². The van der Waals surface area contributed by atoms with Crippen molar-refractivity contribution in [2.45, 2.75) is 18.6 Å². The van der Waals surface area contributed by atoms with Gasteiger partial charge in [0.25, 0.3) is 5.91 Å². The first-order valence-electron chi connectivity index (χ1n) is 6.79. The Balaban J connectivity index is 2.38. The third-order valence-electron chi connectivity index (χ3n) is 3.56. The quantitative estimate of drug-likeness (QED) is 0.785. The fourth-order valence-corrected chi connectivity index (χ4v) is 2.23. The molecule has 2 aromatic rings. The van der Waals surface area contributed by atoms with E-state index in [4.69, 9.17) is 5.11 Å². The van der Waals surface area contributed by atoms with Gasteiger partial charge in [-0.1, -0.05) is 48.5 Å². The predicted octanol–water partition coefficient (Wildman–Crippen LogP) is 1.78. The second-order valence-electron chi connectivity index (χ2n) is 5.13. The SMILES string of the molecule is CC(NC(=O)c1ccccc1)(c1ccccc1)C(O)C(=O)O. The number of benzene rings is 2. The molecule has 0 saturated carbocycles. The Hall–Kier alpha value is -2.66. The fourth-order valence-electron chi connectivity index (χ4n) is 2.23. The molecule has 2 unspecified atom stereocenters. The van der Waals surface area contributed by atoms with Crippen LogP contribution in [0.4, 0.5) is 0 Å². The molecule has 3 N–H and O–H groups in total. The second-order valence-corrected chi connectivity index (χ2v) is 5.13. The lowest BCUT2D eigenvalue weighted by Crippen LogP contribution is -2.54. The summed E-state index contributed by atoms with van der Waals surface area (Å²) in [5.41, 5.74) is -0.545. The molecule has 2 aromatic carbocycles. The Morgan fingerprint density at radius 2 is 1.50 bits per heavy atom. The molecule has 0 saturated heterocycles. The van der Waals surface area contributed by atoms with E-state index < -0.39 is 23.5 Å². The van der Waals surface area contributed by atoms with Crippen molar-refractivity contribution >= 4 is 11.9 Å². The molecule has 0 aliphatic heterocycles. The number of hydrogen-bond donors (Lipinski definition) is 3. The van der Waals surface area contributed by atoms with Crippen LogP contribution < -0.4 is 5.32 Å². The number of hydrogen-bond acceptors (Lipinski definition) is 3. The van der Waals surface area contributed by atoms with E-state index in [1.807, 2.05) is 0 Å². The number of carbonyl (C=O) groups is 2. The molecule has 1 amide bonds. The van der Waals surface area contributed by atoms with Gasteiger partial charge in [-0.15, -0.1) is 0 Å². The molecule has 114 valence electrons. The maximum absolute atomic E-state index is 12.3. The van der Waals surface area contributed by atoms with Crippen LogP contribution in [0, 0.1) is 0 Å². The summed E-state index contributed by atoms with van der Waals surface area (Å²) in [5.74, 6) is -1.85. The van der Waals surface area contributed by atoms with Crippen LogP contribution in [0.1, 0.15) is 22.8 Å². The maximum Gasteiger partial charge on any atom is 0.335 e. The lowest BCUT2D eigenvalue weighted by molar-refractivity contribution is -0.151. The minimum absolute atomic E-state index is 0.391. The van der Waals surface area contributed by atoms with Gasteiger partial charge in [0, 0.05) is 5.56 Å². The van der Waals surface area contributed by atoms with E-state index in [0.29, 0.717) is 11.1 Å². The van der Waals surface area contributed by atoms with Gasteiger partial charge in [0.1, 0.15) is 0 Å². The summed E-state index contributed by atoms with van der Waals surface area (Å²) in [7, 11) is 0. The van der Waals surface area contributed by atoms with Gasteiger partial charge in [-0.05, 0) is 24.6 Å². The van der Waals surface area contributed by atoms with E-state index in [2.05, 4.69) is 5.32 Å². The molecule has 0 fully saturated rings. The third-order valence-corrected chi connectivity index (χ3v) is 3.56. The van der Waals surface area contributed by atoms with Gasteiger partial charge < -0.3 is 15.5 Å². The topological polar surface area (TPSA) is 86.6 Å². The smallest absolute Gasteiger partial charge is 0.335 e. The highest BCUT2D eigenvalue weighted by Crippen LogP contribution is 2.25. The highest BCUT2D eigenvalue weighted by Gasteiger charge is 2.41. The van der Waals surface area contributed by atoms with Crippen molar-refractivity contribution in [1.29, 1.82) is 0 Å². The standard InChI is InChI=1S/C17H17NO4/c1-17(14(19)16(21)22,13-10-6-3-7-11-13)18-15(20)12-8-4-2-5-9-12/h2-11,14,19H,1H3,(H,18,20)(H,21,22). The lowest BCUT2D eigenvalue weighted by Gasteiger charge is -2.33. The summed E-state index contributed by atoms with van der Waals surface area (Å²) in [4.78, 5) is 23.6. The van der Waals surface area contributed by atoms with Gasteiger partial charge in [-0.3, -0.25) is 4.79 Å². The first kappa shape index (κ1) is 15.7. The minimum Gasteiger partial charge on any atom is -0.479 e. The zero-order valence-corrected chi connectivity index (χ0v) is 12.1. The largest absolute Gasteiger partial charge is 0.479 e. The number of aliphatic hydroxyl groups excluding tert-OH is 1. The molecular weight excluding hydrogens is 282 g/mol. The number of carboxylic acids is 1. The van der Waals surface area contributed by atoms with Crippen molar-refractivity contribution in [2.24, 2.45) is 0 Å². The molecule has 5 nitrogen and oxygen atoms in total. The van der Waals surface area contributed by atoms with Crippen molar-refractivity contribution in [1.82, 2.24) is 5.32 Å². The van der Waals surface area contributed by atoms with Crippen molar-refractivity contribution in [3.8, 4) is 0 Å². The normalized spacial score (nSPS) is 14.6. The van der Waals surface area contributed by atoms with Crippen LogP contribution in [0.25, 0.3) is 0 Å². The number of aliphatic carboxylic acids is 1. The van der Waals surface area contributed by atoms with Crippen LogP contribution in [0.2, 0.25) is 0 Å². The first-order valence-corrected chi connectivity index (χ1v) is 6.79. The van der Waals surface area contributed by atoms with Crippen molar-refractivity contribution < 1.29 is 19.8 Å². The number of aliphatic hydroxyl groups is 1. The van der Waals surface area contributed by atoms with Crippen LogP contribution in [-0.4, -0.2) is 28.2 Å². The summed E-state index contributed by atoms with van der Waals surface area (Å²) in [6.45, 7) is 1.49. The highest BCUT2D eigenvalue weighted by atomic mass is 16.4. The molecule has 0 heterocycles. The highest BCUT2D eigenvalue weighted by molar-refractivity contribution is 5.95. The van der Waals surface area contributed by atoms with Crippen LogP contribution in [0.5, 0.6) is 0 Å². The van der Waals surface area contributed by atoms with Gasteiger partial charge in [0.05, 0.1) is 5.54 Å². The summed E-state index contributed by atoms with van der Waals surface area (Å²) >= 11 is 0. The van der Waals surface area contributed by atoms with E-state index in [1.54, 1.807) is 60.7 Å². The number of carbonyl (C=O) groups excluding carboxylic acids is 1. The Morgan fingerprint density at radius 1 is 1.00 bits per heavy atom. The van der Waals surface area contributed by atoms with Crippen molar-refractivity contribution in [2.75, 3.05) is 0 Å². The van der Waals surface area contributed by atoms with E-state index in [1.165, 1.54) is 6.92 Å². The van der Waals surface area contributed by atoms with Gasteiger partial charge in [0.15, 0.2) is 6.10 Å². The van der Waals surface area contributed by atoms with Crippen LogP contribution in [0.3, 0.4) is 0 Å². The molecule has 2 atom stereocenters. The molecule has 22 heavy (non-hydrogen) atoms. The van der Waals surface area contributed by atoms with E-state index in [-0.39, 0.29) is 0 Å². The third kappa shape index (κ3) is 3.15. The monoisotopic (exact) mass is 299 g/mol. The van der Waals surface area contributed by atoms with Gasteiger partial charge in [0.2, 0.25) is 0 Å². The first-order chi connectivity index (χ1) is 10.4. The molecule has 0 aliphatic carbocycles. The number of carboxylic acid groups (broad SMARTS) is 1. The molecule has 2 rings (SSSR count). The van der Waals surface area contributed by atoms with E-state index in [0.717, 1.165) is 0 Å². The average molecular weight is 299 g/mol. The van der Waals surface area contributed by atoms with Crippen molar-refractivity contribution in [3.05, 3.63) is 71.8 Å². The number of amides is 1. The van der Waals surface area contributed by atoms with E-state index in [9.17, 15) is 14.7 Å². The van der Waals surface area contributed by atoms with Crippen LogP contribution in [-0.2, 0) is 10.3 Å². The molecule has 0 spiro atoms. The summed E-state index contributed by atoms with van der Waals surface area (Å²) in [6, 6.07) is 17.0. The molecule has 0 radical (unpaired) electrons. The lowest BCUT2D eigenvalue weighted by atomic mass is 9.85. The summed E-state index contributed by atoms with van der Waals surface area (Å²) in [5, 5.41) is 21.9. The molecule has 0 aromatic heterocycles. The number of nitrogens with one attached hydrogen (secondary N) is 1. The van der Waals surface area contributed by atoms with E-state index >= 15 is 0 Å². The molecule has 0 bridgehead atoms. The summed E-state index contributed by atoms with van der Waals surface area (Å²) < 4.78 is 0. The predicted molar refractivity (Wildman–Crippen MR) is 81.3 cm³/mol. The van der Waals surface area contributed by atoms with Crippen LogP contribution in [0.15, 0.2) is 60.7 Å². The van der Waals surface area contributed by atoms with Gasteiger partial charge in [-0.25, -0.2) is 4.79 Å². The summed E-state index contributed by atoms with van der Waals surface area (Å²) in [6.07, 6.45) is -1.78. The Kier molecular flexibility index (Phi) is 4.58. The number of rotatable bonds is 5. The Labute approximate surface area is 128 Å². The molecular formula is C17H17NO4. The Morgan fingerprint density at radius 3 is 2.00 bits per heavy atom. The zero-order chi connectivity index (χ0) is 16.2. The minimum atomic E-state index is -1.78. The zero-order valence-electron chi connectivity index (χ0n) is 12.1. The second kappa shape index (κ2) is 6.41. The fraction of sp³-hybridized carbons (Fsp3) is 0.176. The van der Waals surface area contributed by atoms with Gasteiger partial charge >= 0.3 is 5.97 Å². The van der Waals surface area contributed by atoms with Crippen molar-refractivity contribution in [3.63, 3.8) is 0 Å². The van der Waals surface area contributed by atoms with Gasteiger partial charge in [-0.2, -0.15) is 0 Å².